The van der Waals surface area contributed by atoms with Crippen molar-refractivity contribution in [1.29, 1.82) is 0 Å². The number of ether oxygens (including phenoxy) is 2. The van der Waals surface area contributed by atoms with Gasteiger partial charge in [-0.05, 0) is 19.1 Å². The number of methoxy groups -OCH3 is 2. The Morgan fingerprint density at radius 1 is 1.35 bits per heavy atom. The third-order valence-electron chi connectivity index (χ3n) is 2.47. The monoisotopic (exact) mass is 238 g/mol. The highest BCUT2D eigenvalue weighted by Gasteiger charge is 2.16. The molecular weight excluding hydrogens is 220 g/mol. The SMILES string of the molecule is CCN(C(=O)CN)c1ccc(OC)cc1OC. The van der Waals surface area contributed by atoms with Crippen molar-refractivity contribution in [2.75, 3.05) is 32.2 Å². The van der Waals surface area contributed by atoms with E-state index in [2.05, 4.69) is 0 Å². The number of hydrogen-bond acceptors (Lipinski definition) is 4. The van der Waals surface area contributed by atoms with Crippen LogP contribution in [0.2, 0.25) is 0 Å². The number of carbonyl (C=O) groups excluding carboxylic acids is 1. The predicted octanol–water partition coefficient (Wildman–Crippen LogP) is 1.02. The number of anilines is 1. The number of amides is 1. The molecule has 0 aliphatic carbocycles. The molecule has 0 unspecified atom stereocenters. The Balaban J connectivity index is 3.14. The maximum atomic E-state index is 11.7. The minimum atomic E-state index is -0.143. The molecule has 0 spiro atoms. The Hall–Kier alpha value is -1.75. The molecule has 0 aliphatic heterocycles. The summed E-state index contributed by atoms with van der Waals surface area (Å²) < 4.78 is 10.4. The van der Waals surface area contributed by atoms with E-state index in [1.807, 2.05) is 6.92 Å². The summed E-state index contributed by atoms with van der Waals surface area (Å²) >= 11 is 0. The molecule has 94 valence electrons. The average Bonchev–Trinajstić information content (AvgIpc) is 2.39. The molecule has 2 N–H and O–H groups in total. The first kappa shape index (κ1) is 13.3. The molecular formula is C12H18N2O3. The molecule has 0 bridgehead atoms. The van der Waals surface area contributed by atoms with Crippen molar-refractivity contribution in [3.05, 3.63) is 18.2 Å². The van der Waals surface area contributed by atoms with E-state index in [0.29, 0.717) is 23.7 Å². The lowest BCUT2D eigenvalue weighted by molar-refractivity contribution is -0.117. The zero-order valence-electron chi connectivity index (χ0n) is 10.4. The van der Waals surface area contributed by atoms with Crippen molar-refractivity contribution in [1.82, 2.24) is 0 Å². The van der Waals surface area contributed by atoms with Crippen molar-refractivity contribution < 1.29 is 14.3 Å². The molecule has 0 aromatic heterocycles. The molecule has 0 saturated carbocycles. The quantitative estimate of drug-likeness (QED) is 0.831. The summed E-state index contributed by atoms with van der Waals surface area (Å²) in [7, 11) is 3.14. The summed E-state index contributed by atoms with van der Waals surface area (Å²) in [5.74, 6) is 1.13. The fourth-order valence-corrected chi connectivity index (χ4v) is 1.60. The largest absolute Gasteiger partial charge is 0.497 e. The normalized spacial score (nSPS) is 9.88. The highest BCUT2D eigenvalue weighted by Crippen LogP contribution is 2.32. The minimum absolute atomic E-state index is 0.0248. The number of hydrogen-bond donors (Lipinski definition) is 1. The minimum Gasteiger partial charge on any atom is -0.497 e. The molecule has 1 aromatic carbocycles. The topological polar surface area (TPSA) is 64.8 Å². The standard InChI is InChI=1S/C12H18N2O3/c1-4-14(12(15)8-13)10-6-5-9(16-2)7-11(10)17-3/h5-7H,4,8,13H2,1-3H3. The molecule has 1 amide bonds. The molecule has 0 aliphatic rings. The van der Waals surface area contributed by atoms with Gasteiger partial charge in [-0.2, -0.15) is 0 Å². The lowest BCUT2D eigenvalue weighted by Gasteiger charge is -2.22. The molecule has 5 nitrogen and oxygen atoms in total. The molecule has 0 radical (unpaired) electrons. The highest BCUT2D eigenvalue weighted by molar-refractivity contribution is 5.96. The maximum absolute atomic E-state index is 11.7. The van der Waals surface area contributed by atoms with E-state index in [9.17, 15) is 4.79 Å². The van der Waals surface area contributed by atoms with E-state index in [1.54, 1.807) is 37.3 Å². The molecule has 1 rings (SSSR count). The number of carbonyl (C=O) groups is 1. The van der Waals surface area contributed by atoms with Crippen molar-refractivity contribution in [2.24, 2.45) is 5.73 Å². The first-order valence-corrected chi connectivity index (χ1v) is 5.40. The van der Waals surface area contributed by atoms with Crippen molar-refractivity contribution in [3.8, 4) is 11.5 Å². The van der Waals surface area contributed by atoms with Crippen LogP contribution in [0.5, 0.6) is 11.5 Å². The number of rotatable bonds is 5. The van der Waals surface area contributed by atoms with E-state index >= 15 is 0 Å². The van der Waals surface area contributed by atoms with Crippen LogP contribution in [0.25, 0.3) is 0 Å². The van der Waals surface area contributed by atoms with Crippen LogP contribution < -0.4 is 20.1 Å². The summed E-state index contributed by atoms with van der Waals surface area (Å²) in [5, 5.41) is 0. The zero-order chi connectivity index (χ0) is 12.8. The molecule has 0 atom stereocenters. The van der Waals surface area contributed by atoms with Gasteiger partial charge in [-0.25, -0.2) is 0 Å². The first-order chi connectivity index (χ1) is 8.17. The lowest BCUT2D eigenvalue weighted by Crippen LogP contribution is -2.36. The first-order valence-electron chi connectivity index (χ1n) is 5.40. The summed E-state index contributed by atoms with van der Waals surface area (Å²) in [5.41, 5.74) is 6.08. The van der Waals surface area contributed by atoms with Gasteiger partial charge >= 0.3 is 0 Å². The van der Waals surface area contributed by atoms with Gasteiger partial charge in [0.05, 0.1) is 26.5 Å². The number of nitrogens with zero attached hydrogens (tertiary/aromatic N) is 1. The van der Waals surface area contributed by atoms with E-state index in [0.717, 1.165) is 0 Å². The van der Waals surface area contributed by atoms with Crippen LogP contribution >= 0.6 is 0 Å². The van der Waals surface area contributed by atoms with Gasteiger partial charge in [-0.3, -0.25) is 4.79 Å². The number of benzene rings is 1. The third kappa shape index (κ3) is 2.88. The van der Waals surface area contributed by atoms with Crippen LogP contribution in [0.1, 0.15) is 6.92 Å². The summed E-state index contributed by atoms with van der Waals surface area (Å²) in [4.78, 5) is 13.3. The smallest absolute Gasteiger partial charge is 0.240 e. The van der Waals surface area contributed by atoms with Gasteiger partial charge < -0.3 is 20.1 Å². The van der Waals surface area contributed by atoms with Gasteiger partial charge in [0.25, 0.3) is 0 Å². The van der Waals surface area contributed by atoms with Gasteiger partial charge in [0.1, 0.15) is 11.5 Å². The maximum Gasteiger partial charge on any atom is 0.240 e. The third-order valence-corrected chi connectivity index (χ3v) is 2.47. The predicted molar refractivity (Wildman–Crippen MR) is 66.6 cm³/mol. The van der Waals surface area contributed by atoms with Crippen LogP contribution in [0.15, 0.2) is 18.2 Å². The van der Waals surface area contributed by atoms with Crippen LogP contribution in [0.3, 0.4) is 0 Å². The van der Waals surface area contributed by atoms with E-state index in [-0.39, 0.29) is 12.5 Å². The highest BCUT2D eigenvalue weighted by atomic mass is 16.5. The summed E-state index contributed by atoms with van der Waals surface area (Å²) in [6, 6.07) is 5.31. The molecule has 1 aromatic rings. The lowest BCUT2D eigenvalue weighted by atomic mass is 10.2. The fraction of sp³-hybridized carbons (Fsp3) is 0.417. The Morgan fingerprint density at radius 3 is 2.53 bits per heavy atom. The Kier molecular flexibility index (Phi) is 4.78. The number of nitrogens with two attached hydrogens (primary N) is 1. The van der Waals surface area contributed by atoms with Crippen molar-refractivity contribution in [3.63, 3.8) is 0 Å². The van der Waals surface area contributed by atoms with Gasteiger partial charge in [0, 0.05) is 12.6 Å². The van der Waals surface area contributed by atoms with Crippen molar-refractivity contribution >= 4 is 11.6 Å². The summed E-state index contributed by atoms with van der Waals surface area (Å²) in [6.45, 7) is 2.40. The molecule has 0 fully saturated rings. The van der Waals surface area contributed by atoms with E-state index in [1.165, 1.54) is 0 Å². The van der Waals surface area contributed by atoms with Gasteiger partial charge in [0.2, 0.25) is 5.91 Å². The second-order valence-electron chi connectivity index (χ2n) is 3.38. The second-order valence-corrected chi connectivity index (χ2v) is 3.38. The van der Waals surface area contributed by atoms with Gasteiger partial charge in [-0.15, -0.1) is 0 Å². The van der Waals surface area contributed by atoms with Crippen LogP contribution in [-0.2, 0) is 4.79 Å². The second kappa shape index (κ2) is 6.10. The fourth-order valence-electron chi connectivity index (χ4n) is 1.60. The average molecular weight is 238 g/mol. The zero-order valence-corrected chi connectivity index (χ0v) is 10.4. The van der Waals surface area contributed by atoms with Crippen LogP contribution in [-0.4, -0.2) is 33.2 Å². The molecule has 0 saturated heterocycles. The van der Waals surface area contributed by atoms with Crippen molar-refractivity contribution in [2.45, 2.75) is 6.92 Å². The van der Waals surface area contributed by atoms with Gasteiger partial charge in [0.15, 0.2) is 0 Å². The van der Waals surface area contributed by atoms with E-state index in [4.69, 9.17) is 15.2 Å². The van der Waals surface area contributed by atoms with Crippen LogP contribution in [0.4, 0.5) is 5.69 Å². The molecule has 5 heteroatoms. The van der Waals surface area contributed by atoms with Crippen LogP contribution in [0, 0.1) is 0 Å². The number of likely N-dealkylation sites (N-methyl/N-ethyl adjacent to an activating group) is 1. The Bertz CT molecular complexity index is 393. The molecule has 17 heavy (non-hydrogen) atoms. The Labute approximate surface area is 101 Å². The summed E-state index contributed by atoms with van der Waals surface area (Å²) in [6.07, 6.45) is 0. The van der Waals surface area contributed by atoms with Gasteiger partial charge in [-0.1, -0.05) is 0 Å². The Morgan fingerprint density at radius 2 is 2.06 bits per heavy atom. The molecule has 0 heterocycles. The van der Waals surface area contributed by atoms with E-state index < -0.39 is 0 Å².